The molecule has 0 fully saturated rings. The first-order valence-electron chi connectivity index (χ1n) is 10.9. The predicted octanol–water partition coefficient (Wildman–Crippen LogP) is 4.18. The van der Waals surface area contributed by atoms with E-state index >= 15 is 0 Å². The van der Waals surface area contributed by atoms with Crippen LogP contribution in [0, 0.1) is 0 Å². The SMILES string of the molecule is CC(C)S(=O)(=O)n1c(N)nc2ccc(-c3c(-c4ccccc4)ncn3Cc3ccccn3)cc21. The smallest absolute Gasteiger partial charge is 0.244 e. The second kappa shape index (κ2) is 8.42. The van der Waals surface area contributed by atoms with Crippen LogP contribution < -0.4 is 5.73 Å². The Bertz CT molecular complexity index is 1570. The van der Waals surface area contributed by atoms with Crippen LogP contribution in [0.15, 0.2) is 79.3 Å². The summed E-state index contributed by atoms with van der Waals surface area (Å²) >= 11 is 0. The minimum Gasteiger partial charge on any atom is -0.368 e. The van der Waals surface area contributed by atoms with Crippen LogP contribution in [0.2, 0.25) is 0 Å². The van der Waals surface area contributed by atoms with Gasteiger partial charge in [-0.2, -0.15) is 0 Å². The second-order valence-electron chi connectivity index (χ2n) is 8.29. The van der Waals surface area contributed by atoms with Crippen molar-refractivity contribution in [3.63, 3.8) is 0 Å². The van der Waals surface area contributed by atoms with Crippen molar-refractivity contribution in [1.29, 1.82) is 0 Å². The number of rotatable bonds is 6. The van der Waals surface area contributed by atoms with Gasteiger partial charge in [-0.05, 0) is 38.1 Å². The molecule has 0 aliphatic heterocycles. The number of hydrogen-bond acceptors (Lipinski definition) is 6. The Labute approximate surface area is 197 Å². The van der Waals surface area contributed by atoms with Crippen molar-refractivity contribution in [3.8, 4) is 22.5 Å². The zero-order valence-electron chi connectivity index (χ0n) is 18.8. The molecule has 0 radical (unpaired) electrons. The minimum absolute atomic E-state index is 0.0499. The van der Waals surface area contributed by atoms with E-state index < -0.39 is 15.3 Å². The van der Waals surface area contributed by atoms with Gasteiger partial charge in [0.1, 0.15) is 0 Å². The fraction of sp³-hybridized carbons (Fsp3) is 0.160. The summed E-state index contributed by atoms with van der Waals surface area (Å²) in [5.74, 6) is -0.0499. The molecule has 8 nitrogen and oxygen atoms in total. The van der Waals surface area contributed by atoms with Crippen LogP contribution in [0.3, 0.4) is 0 Å². The molecular weight excluding hydrogens is 448 g/mol. The van der Waals surface area contributed by atoms with E-state index in [0.29, 0.717) is 17.6 Å². The molecule has 0 unspecified atom stereocenters. The fourth-order valence-corrected chi connectivity index (χ4v) is 5.12. The van der Waals surface area contributed by atoms with Crippen LogP contribution >= 0.6 is 0 Å². The van der Waals surface area contributed by atoms with Gasteiger partial charge in [-0.3, -0.25) is 4.98 Å². The molecule has 2 aromatic carbocycles. The highest BCUT2D eigenvalue weighted by molar-refractivity contribution is 7.90. The van der Waals surface area contributed by atoms with Gasteiger partial charge in [0.2, 0.25) is 16.0 Å². The lowest BCUT2D eigenvalue weighted by atomic mass is 10.0. The predicted molar refractivity (Wildman–Crippen MR) is 134 cm³/mol. The number of nitrogens with zero attached hydrogens (tertiary/aromatic N) is 5. The number of nitrogen functional groups attached to an aromatic ring is 1. The number of imidazole rings is 2. The average Bonchev–Trinajstić information content (AvgIpc) is 3.40. The molecule has 0 spiro atoms. The Hall–Kier alpha value is -3.98. The average molecular weight is 473 g/mol. The van der Waals surface area contributed by atoms with Crippen molar-refractivity contribution in [1.82, 2.24) is 23.5 Å². The Morgan fingerprint density at radius 3 is 2.41 bits per heavy atom. The third kappa shape index (κ3) is 3.73. The quantitative estimate of drug-likeness (QED) is 0.397. The molecule has 0 aliphatic rings. The monoisotopic (exact) mass is 472 g/mol. The number of benzene rings is 2. The Morgan fingerprint density at radius 2 is 1.71 bits per heavy atom. The third-order valence-corrected chi connectivity index (χ3v) is 7.79. The van der Waals surface area contributed by atoms with E-state index in [0.717, 1.165) is 32.2 Å². The van der Waals surface area contributed by atoms with Gasteiger partial charge < -0.3 is 10.3 Å². The minimum atomic E-state index is -3.70. The summed E-state index contributed by atoms with van der Waals surface area (Å²) in [7, 11) is -3.70. The number of pyridine rings is 1. The van der Waals surface area contributed by atoms with Gasteiger partial charge in [-0.15, -0.1) is 0 Å². The van der Waals surface area contributed by atoms with Crippen molar-refractivity contribution in [2.45, 2.75) is 25.6 Å². The van der Waals surface area contributed by atoms with Crippen molar-refractivity contribution >= 4 is 27.0 Å². The molecule has 34 heavy (non-hydrogen) atoms. The summed E-state index contributed by atoms with van der Waals surface area (Å²) in [6, 6.07) is 21.2. The molecule has 9 heteroatoms. The maximum Gasteiger partial charge on any atom is 0.244 e. The van der Waals surface area contributed by atoms with Crippen LogP contribution in [0.5, 0.6) is 0 Å². The van der Waals surface area contributed by atoms with Crippen LogP contribution in [-0.2, 0) is 16.6 Å². The Kier molecular flexibility index (Phi) is 5.41. The molecule has 0 bridgehead atoms. The normalized spacial score (nSPS) is 12.0. The molecule has 2 N–H and O–H groups in total. The molecule has 0 atom stereocenters. The first kappa shape index (κ1) is 21.8. The molecule has 0 saturated carbocycles. The Balaban J connectivity index is 1.74. The summed E-state index contributed by atoms with van der Waals surface area (Å²) in [5.41, 5.74) is 11.3. The van der Waals surface area contributed by atoms with E-state index in [2.05, 4.69) is 9.97 Å². The van der Waals surface area contributed by atoms with E-state index in [4.69, 9.17) is 10.7 Å². The molecule has 0 amide bonds. The van der Waals surface area contributed by atoms with Gasteiger partial charge in [-0.25, -0.2) is 22.4 Å². The van der Waals surface area contributed by atoms with Gasteiger partial charge in [0.05, 0.1) is 46.2 Å². The molecular formula is C25H24N6O2S. The van der Waals surface area contributed by atoms with E-state index in [-0.39, 0.29) is 5.95 Å². The van der Waals surface area contributed by atoms with Crippen molar-refractivity contribution in [2.75, 3.05) is 5.73 Å². The molecule has 0 aliphatic carbocycles. The summed E-state index contributed by atoms with van der Waals surface area (Å²) in [5, 5.41) is -0.648. The molecule has 3 aromatic heterocycles. The zero-order chi connectivity index (χ0) is 23.9. The fourth-order valence-electron chi connectivity index (χ4n) is 3.98. The lowest BCUT2D eigenvalue weighted by Crippen LogP contribution is -2.23. The van der Waals surface area contributed by atoms with Crippen LogP contribution in [0.1, 0.15) is 19.5 Å². The highest BCUT2D eigenvalue weighted by Crippen LogP contribution is 2.34. The van der Waals surface area contributed by atoms with Crippen LogP contribution in [0.25, 0.3) is 33.5 Å². The maximum atomic E-state index is 13.0. The topological polar surface area (TPSA) is 109 Å². The highest BCUT2D eigenvalue weighted by atomic mass is 32.2. The van der Waals surface area contributed by atoms with E-state index in [1.807, 2.05) is 65.2 Å². The number of nitrogens with two attached hydrogens (primary N) is 1. The zero-order valence-corrected chi connectivity index (χ0v) is 19.6. The number of fused-ring (bicyclic) bond motifs is 1. The number of aromatic nitrogens is 5. The van der Waals surface area contributed by atoms with Gasteiger partial charge in [0.25, 0.3) is 0 Å². The van der Waals surface area contributed by atoms with Crippen LogP contribution in [0.4, 0.5) is 5.95 Å². The number of hydrogen-bond donors (Lipinski definition) is 1. The van der Waals surface area contributed by atoms with Crippen LogP contribution in [-0.4, -0.2) is 37.2 Å². The van der Waals surface area contributed by atoms with Crippen molar-refractivity contribution in [2.24, 2.45) is 0 Å². The lowest BCUT2D eigenvalue weighted by molar-refractivity contribution is 0.580. The molecule has 5 aromatic rings. The summed E-state index contributed by atoms with van der Waals surface area (Å²) in [6.45, 7) is 3.76. The van der Waals surface area contributed by atoms with Gasteiger partial charge in [0, 0.05) is 17.3 Å². The lowest BCUT2D eigenvalue weighted by Gasteiger charge is -2.13. The van der Waals surface area contributed by atoms with Crippen molar-refractivity contribution in [3.05, 3.63) is 84.9 Å². The van der Waals surface area contributed by atoms with Gasteiger partial charge >= 0.3 is 0 Å². The van der Waals surface area contributed by atoms with E-state index in [1.54, 1.807) is 32.4 Å². The third-order valence-electron chi connectivity index (χ3n) is 5.70. The number of anilines is 1. The van der Waals surface area contributed by atoms with E-state index in [1.165, 1.54) is 0 Å². The molecule has 172 valence electrons. The summed E-state index contributed by atoms with van der Waals surface area (Å²) in [6.07, 6.45) is 3.54. The summed E-state index contributed by atoms with van der Waals surface area (Å²) < 4.78 is 29.2. The van der Waals surface area contributed by atoms with Crippen molar-refractivity contribution < 1.29 is 8.42 Å². The summed E-state index contributed by atoms with van der Waals surface area (Å²) in [4.78, 5) is 13.4. The van der Waals surface area contributed by atoms with Gasteiger partial charge in [0.15, 0.2) is 0 Å². The second-order valence-corrected chi connectivity index (χ2v) is 10.6. The van der Waals surface area contributed by atoms with E-state index in [9.17, 15) is 8.42 Å². The standard InChI is InChI=1S/C25H24N6O2S/c1-17(2)34(32,33)31-22-14-19(11-12-21(22)29-25(31)26)24-23(18-8-4-3-5-9-18)28-16-30(24)15-20-10-6-7-13-27-20/h3-14,16-17H,15H2,1-2H3,(H2,26,29). The van der Waals surface area contributed by atoms with Gasteiger partial charge in [-0.1, -0.05) is 42.5 Å². The largest absolute Gasteiger partial charge is 0.368 e. The maximum absolute atomic E-state index is 13.0. The first-order valence-corrected chi connectivity index (χ1v) is 12.4. The molecule has 3 heterocycles. The highest BCUT2D eigenvalue weighted by Gasteiger charge is 2.25. The Morgan fingerprint density at radius 1 is 0.941 bits per heavy atom. The first-order chi connectivity index (χ1) is 16.4. The molecule has 0 saturated heterocycles. The molecule has 5 rings (SSSR count).